The first-order valence-electron chi connectivity index (χ1n) is 10.7. The van der Waals surface area contributed by atoms with Crippen molar-refractivity contribution in [1.82, 2.24) is 30.2 Å². The van der Waals surface area contributed by atoms with Crippen molar-refractivity contribution in [1.29, 1.82) is 0 Å². The van der Waals surface area contributed by atoms with Gasteiger partial charge in [-0.25, -0.2) is 9.67 Å². The first-order chi connectivity index (χ1) is 16.2. The molecule has 33 heavy (non-hydrogen) atoms. The van der Waals surface area contributed by atoms with Crippen LogP contribution in [0.2, 0.25) is 0 Å². The van der Waals surface area contributed by atoms with Gasteiger partial charge in [-0.2, -0.15) is 10.1 Å². The quantitative estimate of drug-likeness (QED) is 0.482. The Kier molecular flexibility index (Phi) is 4.56. The lowest BCUT2D eigenvalue weighted by Gasteiger charge is -2.07. The van der Waals surface area contributed by atoms with Crippen molar-refractivity contribution < 1.29 is 18.8 Å². The van der Waals surface area contributed by atoms with Crippen LogP contribution >= 0.6 is 0 Å². The Morgan fingerprint density at radius 3 is 2.85 bits per heavy atom. The lowest BCUT2D eigenvalue weighted by molar-refractivity contribution is 0.0950. The van der Waals surface area contributed by atoms with Gasteiger partial charge in [0, 0.05) is 18.7 Å². The number of rotatable bonds is 6. The van der Waals surface area contributed by atoms with Gasteiger partial charge in [0.2, 0.25) is 6.79 Å². The Labute approximate surface area is 188 Å². The van der Waals surface area contributed by atoms with Crippen LogP contribution in [0.1, 0.15) is 46.2 Å². The number of benzene rings is 1. The monoisotopic (exact) mass is 444 g/mol. The predicted molar refractivity (Wildman–Crippen MR) is 115 cm³/mol. The van der Waals surface area contributed by atoms with Gasteiger partial charge in [0.15, 0.2) is 23.1 Å². The van der Waals surface area contributed by atoms with Crippen LogP contribution in [0.4, 0.5) is 0 Å². The van der Waals surface area contributed by atoms with Crippen molar-refractivity contribution in [2.45, 2.75) is 32.2 Å². The van der Waals surface area contributed by atoms with Crippen LogP contribution in [-0.4, -0.2) is 37.6 Å². The average molecular weight is 444 g/mol. The van der Waals surface area contributed by atoms with Gasteiger partial charge in [-0.15, -0.1) is 0 Å². The highest BCUT2D eigenvalue weighted by molar-refractivity contribution is 5.95. The van der Waals surface area contributed by atoms with Gasteiger partial charge in [-0.05, 0) is 49.6 Å². The maximum atomic E-state index is 12.8. The molecule has 1 N–H and O–H groups in total. The third-order valence-electron chi connectivity index (χ3n) is 5.74. The lowest BCUT2D eigenvalue weighted by atomic mass is 10.2. The molecule has 1 saturated carbocycles. The fraction of sp³-hybridized carbons (Fsp3) is 0.261. The molecule has 3 aromatic heterocycles. The van der Waals surface area contributed by atoms with E-state index >= 15 is 0 Å². The number of carbonyl (C=O) groups is 1. The van der Waals surface area contributed by atoms with Gasteiger partial charge < -0.3 is 19.3 Å². The first-order valence-corrected chi connectivity index (χ1v) is 10.7. The summed E-state index contributed by atoms with van der Waals surface area (Å²) in [6.45, 7) is 2.41. The molecule has 1 aliphatic carbocycles. The highest BCUT2D eigenvalue weighted by Crippen LogP contribution is 2.38. The largest absolute Gasteiger partial charge is 0.454 e. The second-order valence-electron chi connectivity index (χ2n) is 8.06. The van der Waals surface area contributed by atoms with Crippen molar-refractivity contribution >= 4 is 5.91 Å². The minimum atomic E-state index is -0.216. The molecule has 6 rings (SSSR count). The third kappa shape index (κ3) is 3.69. The SMILES string of the molecule is Cc1c(C(=O)NCc2ccc3c(c2)OCO3)cnn1-c1ccc(-c2nc(C3CC3)no2)cn1. The molecule has 10 nitrogen and oxygen atoms in total. The molecule has 10 heteroatoms. The van der Waals surface area contributed by atoms with Crippen LogP contribution in [0, 0.1) is 6.92 Å². The molecule has 0 atom stereocenters. The molecule has 1 aliphatic heterocycles. The number of aromatic nitrogens is 5. The fourth-order valence-electron chi connectivity index (χ4n) is 3.69. The van der Waals surface area contributed by atoms with E-state index in [2.05, 4.69) is 25.5 Å². The molecule has 1 aromatic carbocycles. The number of pyridine rings is 1. The maximum Gasteiger partial charge on any atom is 0.259 e. The van der Waals surface area contributed by atoms with E-state index in [4.69, 9.17) is 14.0 Å². The summed E-state index contributed by atoms with van der Waals surface area (Å²) in [4.78, 5) is 21.7. The van der Waals surface area contributed by atoms with E-state index in [-0.39, 0.29) is 12.7 Å². The number of carbonyl (C=O) groups excluding carboxylic acids is 1. The number of hydrogen-bond acceptors (Lipinski definition) is 8. The zero-order valence-corrected chi connectivity index (χ0v) is 17.8. The standard InChI is InChI=1S/C23H20N6O4/c1-13-17(22(30)25-9-14-2-6-18-19(8-14)32-12-31-18)11-26-29(13)20-7-5-16(10-24-20)23-27-21(28-33-23)15-3-4-15/h2,5-8,10-11,15H,3-4,9,12H2,1H3,(H,25,30). The Morgan fingerprint density at radius 1 is 1.15 bits per heavy atom. The van der Waals surface area contributed by atoms with Crippen LogP contribution in [-0.2, 0) is 6.54 Å². The number of amides is 1. The lowest BCUT2D eigenvalue weighted by Crippen LogP contribution is -2.23. The number of nitrogens with zero attached hydrogens (tertiary/aromatic N) is 5. The third-order valence-corrected chi connectivity index (χ3v) is 5.74. The number of nitrogens with one attached hydrogen (secondary N) is 1. The van der Waals surface area contributed by atoms with E-state index in [1.165, 1.54) is 0 Å². The second kappa shape index (κ2) is 7.73. The topological polar surface area (TPSA) is 117 Å². The summed E-state index contributed by atoms with van der Waals surface area (Å²) < 4.78 is 17.7. The summed E-state index contributed by atoms with van der Waals surface area (Å²) in [5, 5.41) is 11.3. The highest BCUT2D eigenvalue weighted by atomic mass is 16.7. The minimum absolute atomic E-state index is 0.216. The molecule has 4 heterocycles. The van der Waals surface area contributed by atoms with Gasteiger partial charge in [0.1, 0.15) is 0 Å². The zero-order chi connectivity index (χ0) is 22.4. The molecule has 1 fully saturated rings. The van der Waals surface area contributed by atoms with Crippen LogP contribution in [0.3, 0.4) is 0 Å². The molecule has 2 aliphatic rings. The first kappa shape index (κ1) is 19.5. The van der Waals surface area contributed by atoms with Crippen molar-refractivity contribution in [3.63, 3.8) is 0 Å². The van der Waals surface area contributed by atoms with Gasteiger partial charge >= 0.3 is 0 Å². The molecule has 0 spiro atoms. The number of hydrogen-bond donors (Lipinski definition) is 1. The molecule has 1 amide bonds. The molecule has 0 unspecified atom stereocenters. The second-order valence-corrected chi connectivity index (χ2v) is 8.06. The zero-order valence-electron chi connectivity index (χ0n) is 17.8. The van der Waals surface area contributed by atoms with E-state index < -0.39 is 0 Å². The molecular weight excluding hydrogens is 424 g/mol. The van der Waals surface area contributed by atoms with Crippen molar-refractivity contribution in [2.24, 2.45) is 0 Å². The van der Waals surface area contributed by atoms with E-state index in [9.17, 15) is 4.79 Å². The van der Waals surface area contributed by atoms with Crippen LogP contribution in [0.25, 0.3) is 17.3 Å². The summed E-state index contributed by atoms with van der Waals surface area (Å²) in [5.41, 5.74) is 2.82. The Balaban J connectivity index is 1.15. The summed E-state index contributed by atoms with van der Waals surface area (Å²) in [7, 11) is 0. The van der Waals surface area contributed by atoms with Crippen molar-refractivity contribution in [3.05, 3.63) is 65.4 Å². The minimum Gasteiger partial charge on any atom is -0.454 e. The van der Waals surface area contributed by atoms with Gasteiger partial charge in [-0.1, -0.05) is 11.2 Å². The van der Waals surface area contributed by atoms with Gasteiger partial charge in [0.25, 0.3) is 11.8 Å². The number of ether oxygens (including phenoxy) is 2. The van der Waals surface area contributed by atoms with Gasteiger partial charge in [0.05, 0.1) is 23.0 Å². The maximum absolute atomic E-state index is 12.8. The predicted octanol–water partition coefficient (Wildman–Crippen LogP) is 3.16. The van der Waals surface area contributed by atoms with E-state index in [1.807, 2.05) is 37.3 Å². The van der Waals surface area contributed by atoms with Crippen LogP contribution in [0.5, 0.6) is 11.5 Å². The van der Waals surface area contributed by atoms with Crippen molar-refractivity contribution in [3.8, 4) is 28.8 Å². The Hall–Kier alpha value is -4.21. The molecule has 0 bridgehead atoms. The smallest absolute Gasteiger partial charge is 0.259 e. The molecule has 0 radical (unpaired) electrons. The average Bonchev–Trinajstić information content (AvgIpc) is 3.22. The van der Waals surface area contributed by atoms with E-state index in [1.54, 1.807) is 17.1 Å². The summed E-state index contributed by atoms with van der Waals surface area (Å²) in [6, 6.07) is 9.26. The number of fused-ring (bicyclic) bond motifs is 1. The Morgan fingerprint density at radius 2 is 2.03 bits per heavy atom. The summed E-state index contributed by atoms with van der Waals surface area (Å²) >= 11 is 0. The van der Waals surface area contributed by atoms with Crippen LogP contribution < -0.4 is 14.8 Å². The van der Waals surface area contributed by atoms with Crippen molar-refractivity contribution in [2.75, 3.05) is 6.79 Å². The van der Waals surface area contributed by atoms with Crippen LogP contribution in [0.15, 0.2) is 47.2 Å². The van der Waals surface area contributed by atoms with E-state index in [0.29, 0.717) is 46.9 Å². The molecule has 4 aromatic rings. The highest BCUT2D eigenvalue weighted by Gasteiger charge is 2.29. The van der Waals surface area contributed by atoms with E-state index in [0.717, 1.165) is 29.8 Å². The van der Waals surface area contributed by atoms with Gasteiger partial charge in [-0.3, -0.25) is 4.79 Å². The molecular formula is C23H20N6O4. The fourth-order valence-corrected chi connectivity index (χ4v) is 3.69. The molecule has 0 saturated heterocycles. The summed E-state index contributed by atoms with van der Waals surface area (Å²) in [6.07, 6.45) is 5.43. The normalized spacial score (nSPS) is 14.5. The summed E-state index contributed by atoms with van der Waals surface area (Å²) in [5.74, 6) is 3.41. The molecule has 166 valence electrons. The Bertz CT molecular complexity index is 1340.